The molecule has 1 aliphatic heterocycles. The summed E-state index contributed by atoms with van der Waals surface area (Å²) in [5.41, 5.74) is 7.20. The van der Waals surface area contributed by atoms with E-state index in [0.29, 0.717) is 0 Å². The normalized spacial score (nSPS) is 14.0. The molecule has 2 heterocycles. The van der Waals surface area contributed by atoms with Crippen molar-refractivity contribution < 1.29 is 0 Å². The second-order valence-corrected chi connectivity index (χ2v) is 7.99. The number of nitrogens with zero attached hydrogens (tertiary/aromatic N) is 1. The zero-order valence-corrected chi connectivity index (χ0v) is 16.3. The van der Waals surface area contributed by atoms with Gasteiger partial charge in [-0.25, -0.2) is 4.98 Å². The van der Waals surface area contributed by atoms with Crippen LogP contribution in [0.15, 0.2) is 40.7 Å². The van der Waals surface area contributed by atoms with Crippen molar-refractivity contribution in [1.82, 2.24) is 10.3 Å². The maximum Gasteiger partial charge on any atom is 0.0812 e. The number of fused-ring (bicyclic) bond motifs is 2. The number of nitrogens with one attached hydrogen (secondary N) is 1. The van der Waals surface area contributed by atoms with E-state index in [9.17, 15) is 0 Å². The summed E-state index contributed by atoms with van der Waals surface area (Å²) in [6.45, 7) is 2.09. The van der Waals surface area contributed by atoms with Crippen LogP contribution in [-0.2, 0) is 18.6 Å². The van der Waals surface area contributed by atoms with Crippen molar-refractivity contribution in [3.63, 3.8) is 0 Å². The van der Waals surface area contributed by atoms with Crippen LogP contribution in [0.1, 0.15) is 16.7 Å². The second kappa shape index (κ2) is 8.07. The minimum Gasteiger partial charge on any atom is -0.316 e. The molecular weight excluding hydrogens is 379 g/mol. The van der Waals surface area contributed by atoms with Gasteiger partial charge in [-0.3, -0.25) is 0 Å². The third kappa shape index (κ3) is 3.73. The molecule has 0 unspecified atom stereocenters. The molecule has 126 valence electrons. The molecule has 6 heteroatoms. The third-order valence-electron chi connectivity index (χ3n) is 4.21. The van der Waals surface area contributed by atoms with Crippen LogP contribution in [-0.4, -0.2) is 18.1 Å². The molecule has 0 spiro atoms. The number of aromatic nitrogens is 1. The highest BCUT2D eigenvalue weighted by atomic mass is 35.5. The lowest BCUT2D eigenvalue weighted by Gasteiger charge is -2.14. The maximum atomic E-state index is 6.51. The average molecular weight is 397 g/mol. The first-order valence-corrected chi connectivity index (χ1v) is 10.0. The van der Waals surface area contributed by atoms with Gasteiger partial charge in [-0.15, -0.1) is 35.5 Å². The van der Waals surface area contributed by atoms with Gasteiger partial charge in [0.25, 0.3) is 0 Å². The van der Waals surface area contributed by atoms with Crippen molar-refractivity contribution in [2.75, 3.05) is 13.1 Å². The molecule has 24 heavy (non-hydrogen) atoms. The van der Waals surface area contributed by atoms with E-state index in [1.807, 2.05) is 17.3 Å². The van der Waals surface area contributed by atoms with Crippen LogP contribution >= 0.6 is 47.1 Å². The Morgan fingerprint density at radius 3 is 2.96 bits per heavy atom. The topological polar surface area (TPSA) is 24.9 Å². The predicted octanol–water partition coefficient (Wildman–Crippen LogP) is 5.35. The van der Waals surface area contributed by atoms with E-state index >= 15 is 0 Å². The summed E-state index contributed by atoms with van der Waals surface area (Å²) in [6, 6.07) is 10.8. The Morgan fingerprint density at radius 1 is 1.17 bits per heavy atom. The highest BCUT2D eigenvalue weighted by molar-refractivity contribution is 7.98. The number of halogens is 2. The molecule has 0 aliphatic carbocycles. The van der Waals surface area contributed by atoms with Crippen molar-refractivity contribution in [2.45, 2.75) is 23.5 Å². The number of thioether (sulfide) groups is 1. The molecule has 1 aromatic heterocycles. The van der Waals surface area contributed by atoms with Crippen molar-refractivity contribution in [2.24, 2.45) is 0 Å². The van der Waals surface area contributed by atoms with Crippen LogP contribution in [0.3, 0.4) is 0 Å². The molecule has 0 atom stereocenters. The Bertz CT molecular complexity index is 848. The Hall–Kier alpha value is -0.780. The van der Waals surface area contributed by atoms with Crippen LogP contribution in [0.5, 0.6) is 0 Å². The van der Waals surface area contributed by atoms with Gasteiger partial charge < -0.3 is 5.32 Å². The van der Waals surface area contributed by atoms with E-state index in [4.69, 9.17) is 11.6 Å². The van der Waals surface area contributed by atoms with E-state index in [-0.39, 0.29) is 12.4 Å². The van der Waals surface area contributed by atoms with Crippen LogP contribution < -0.4 is 5.32 Å². The number of rotatable bonds is 3. The van der Waals surface area contributed by atoms with Crippen LogP contribution in [0.25, 0.3) is 10.2 Å². The van der Waals surface area contributed by atoms with E-state index in [2.05, 4.69) is 40.6 Å². The summed E-state index contributed by atoms with van der Waals surface area (Å²) in [6.07, 6.45) is 2.15. The smallest absolute Gasteiger partial charge is 0.0812 e. The van der Waals surface area contributed by atoms with Gasteiger partial charge in [-0.2, -0.15) is 0 Å². The summed E-state index contributed by atoms with van der Waals surface area (Å²) in [4.78, 5) is 5.61. The quantitative estimate of drug-likeness (QED) is 0.603. The highest BCUT2D eigenvalue weighted by Gasteiger charge is 2.15. The molecule has 0 saturated heterocycles. The molecule has 3 aromatic rings. The van der Waals surface area contributed by atoms with E-state index in [1.54, 1.807) is 11.3 Å². The number of thiazole rings is 1. The molecule has 4 rings (SSSR count). The van der Waals surface area contributed by atoms with Gasteiger partial charge in [0.1, 0.15) is 0 Å². The minimum absolute atomic E-state index is 0. The van der Waals surface area contributed by atoms with Crippen molar-refractivity contribution in [3.8, 4) is 0 Å². The molecule has 0 bridgehead atoms. The first-order chi connectivity index (χ1) is 11.3. The van der Waals surface area contributed by atoms with Gasteiger partial charge >= 0.3 is 0 Å². The molecule has 0 radical (unpaired) electrons. The molecular formula is C18H18Cl2N2S2. The first kappa shape index (κ1) is 18.0. The fraction of sp³-hybridized carbons (Fsp3) is 0.278. The number of hydrogen-bond acceptors (Lipinski definition) is 4. The van der Waals surface area contributed by atoms with Crippen LogP contribution in [0, 0.1) is 0 Å². The summed E-state index contributed by atoms with van der Waals surface area (Å²) < 4.78 is 1.25. The maximum absolute atomic E-state index is 6.51. The standard InChI is InChI=1S/C18H17ClN2S2.ClH/c19-15-3-2-13-5-7-20-8-6-14(13)18(15)22-10-12-1-4-16-17(9-12)23-11-21-16;/h1-4,9,11,20H,5-8,10H2;1H. The van der Waals surface area contributed by atoms with E-state index < -0.39 is 0 Å². The van der Waals surface area contributed by atoms with Gasteiger partial charge in [0.2, 0.25) is 0 Å². The molecule has 2 nitrogen and oxygen atoms in total. The summed E-state index contributed by atoms with van der Waals surface area (Å²) in [5, 5.41) is 4.36. The monoisotopic (exact) mass is 396 g/mol. The fourth-order valence-electron chi connectivity index (χ4n) is 3.01. The minimum atomic E-state index is 0. The van der Waals surface area contributed by atoms with Gasteiger partial charge in [0.05, 0.1) is 20.7 Å². The molecule has 0 amide bonds. The van der Waals surface area contributed by atoms with E-state index in [0.717, 1.165) is 42.2 Å². The molecule has 1 aliphatic rings. The molecule has 2 aromatic carbocycles. The number of hydrogen-bond donors (Lipinski definition) is 1. The Kier molecular flexibility index (Phi) is 6.06. The fourth-order valence-corrected chi connectivity index (χ4v) is 5.20. The Balaban J connectivity index is 0.00000169. The average Bonchev–Trinajstić information content (AvgIpc) is 2.90. The first-order valence-electron chi connectivity index (χ1n) is 7.77. The molecule has 0 saturated carbocycles. The van der Waals surface area contributed by atoms with Crippen molar-refractivity contribution in [3.05, 3.63) is 57.6 Å². The van der Waals surface area contributed by atoms with Gasteiger partial charge in [-0.05, 0) is 60.8 Å². The SMILES string of the molecule is Cl.Clc1ccc2c(c1SCc1ccc3ncsc3c1)CCNCC2. The zero-order valence-electron chi connectivity index (χ0n) is 13.0. The molecule has 1 N–H and O–H groups in total. The number of benzene rings is 2. The lowest BCUT2D eigenvalue weighted by atomic mass is 10.0. The summed E-state index contributed by atoms with van der Waals surface area (Å²) >= 11 is 10.1. The lowest BCUT2D eigenvalue weighted by Crippen LogP contribution is -2.16. The Morgan fingerprint density at radius 2 is 2.04 bits per heavy atom. The van der Waals surface area contributed by atoms with Crippen molar-refractivity contribution in [1.29, 1.82) is 0 Å². The third-order valence-corrected chi connectivity index (χ3v) is 6.66. The summed E-state index contributed by atoms with van der Waals surface area (Å²) in [5.74, 6) is 0.942. The van der Waals surface area contributed by atoms with Gasteiger partial charge in [0, 0.05) is 10.6 Å². The predicted molar refractivity (Wildman–Crippen MR) is 108 cm³/mol. The van der Waals surface area contributed by atoms with Crippen molar-refractivity contribution >= 4 is 57.3 Å². The Labute approximate surface area is 161 Å². The zero-order chi connectivity index (χ0) is 15.6. The largest absolute Gasteiger partial charge is 0.316 e. The summed E-state index contributed by atoms with van der Waals surface area (Å²) in [7, 11) is 0. The van der Waals surface area contributed by atoms with Crippen LogP contribution in [0.2, 0.25) is 5.02 Å². The molecule has 0 fully saturated rings. The lowest BCUT2D eigenvalue weighted by molar-refractivity contribution is 0.709. The van der Waals surface area contributed by atoms with Gasteiger partial charge in [0.15, 0.2) is 0 Å². The second-order valence-electron chi connectivity index (χ2n) is 5.71. The van der Waals surface area contributed by atoms with Crippen LogP contribution in [0.4, 0.5) is 0 Å². The van der Waals surface area contributed by atoms with Gasteiger partial charge in [-0.1, -0.05) is 23.7 Å². The van der Waals surface area contributed by atoms with E-state index in [1.165, 1.54) is 26.3 Å². The highest BCUT2D eigenvalue weighted by Crippen LogP contribution is 2.36.